The number of hydrogen-bond acceptors (Lipinski definition) is 3. The molecule has 0 radical (unpaired) electrons. The van der Waals surface area contributed by atoms with E-state index in [4.69, 9.17) is 4.74 Å². The van der Waals surface area contributed by atoms with Crippen LogP contribution >= 0.6 is 0 Å². The average molecular weight is 354 g/mol. The van der Waals surface area contributed by atoms with Gasteiger partial charge in [-0.05, 0) is 43.5 Å². The fourth-order valence-corrected chi connectivity index (χ4v) is 4.73. The second-order valence-corrected chi connectivity index (χ2v) is 7.91. The van der Waals surface area contributed by atoms with Crippen LogP contribution in [-0.4, -0.2) is 33.7 Å². The van der Waals surface area contributed by atoms with Crippen LogP contribution in [0.5, 0.6) is 0 Å². The van der Waals surface area contributed by atoms with E-state index in [-0.39, 0.29) is 24.0 Å². The van der Waals surface area contributed by atoms with Crippen molar-refractivity contribution in [3.8, 4) is 0 Å². The summed E-state index contributed by atoms with van der Waals surface area (Å²) in [5, 5.41) is 15.1. The maximum absolute atomic E-state index is 11.9. The van der Waals surface area contributed by atoms with E-state index >= 15 is 0 Å². The lowest BCUT2D eigenvalue weighted by atomic mass is 9.68. The molecule has 138 valence electrons. The van der Waals surface area contributed by atoms with Gasteiger partial charge in [-0.25, -0.2) is 0 Å². The summed E-state index contributed by atoms with van der Waals surface area (Å²) >= 11 is 0. The van der Waals surface area contributed by atoms with Crippen molar-refractivity contribution >= 4 is 16.8 Å². The van der Waals surface area contributed by atoms with Crippen LogP contribution in [0.1, 0.15) is 45.3 Å². The molecule has 1 aromatic heterocycles. The zero-order chi connectivity index (χ0) is 18.5. The second kappa shape index (κ2) is 6.25. The third kappa shape index (κ3) is 2.75. The number of hydrogen-bond donors (Lipinski definition) is 3. The Hall–Kier alpha value is -2.11. The number of ether oxygens (including phenoxy) is 1. The molecule has 1 saturated heterocycles. The van der Waals surface area contributed by atoms with Gasteiger partial charge in [0.1, 0.15) is 6.10 Å². The minimum atomic E-state index is -0.643. The molecule has 2 heterocycles. The number of allylic oxidation sites excluding steroid dienone is 1. The first-order valence-corrected chi connectivity index (χ1v) is 9.24. The molecule has 5 atom stereocenters. The van der Waals surface area contributed by atoms with Crippen LogP contribution in [0.15, 0.2) is 42.1 Å². The molecule has 0 bridgehead atoms. The van der Waals surface area contributed by atoms with Crippen molar-refractivity contribution in [3.63, 3.8) is 0 Å². The van der Waals surface area contributed by atoms with Gasteiger partial charge in [0, 0.05) is 41.9 Å². The van der Waals surface area contributed by atoms with Crippen LogP contribution in [0.2, 0.25) is 0 Å². The lowest BCUT2D eigenvalue weighted by Gasteiger charge is -2.52. The molecule has 2 aliphatic rings. The summed E-state index contributed by atoms with van der Waals surface area (Å²) in [7, 11) is 0. The lowest BCUT2D eigenvalue weighted by Crippen LogP contribution is -2.62. The average Bonchev–Trinajstić information content (AvgIpc) is 3.06. The number of fused-ring (bicyclic) bond motifs is 2. The molecule has 0 unspecified atom stereocenters. The fourth-order valence-electron chi connectivity index (χ4n) is 4.73. The number of nitrogens with one attached hydrogen (secondary N) is 2. The van der Waals surface area contributed by atoms with Gasteiger partial charge >= 0.3 is 0 Å². The quantitative estimate of drug-likeness (QED) is 0.725. The summed E-state index contributed by atoms with van der Waals surface area (Å²) in [4.78, 5) is 15.2. The third-order valence-corrected chi connectivity index (χ3v) is 6.05. The molecule has 0 saturated carbocycles. The molecule has 1 aromatic carbocycles. The third-order valence-electron chi connectivity index (χ3n) is 6.05. The van der Waals surface area contributed by atoms with Crippen LogP contribution in [0.3, 0.4) is 0 Å². The Balaban J connectivity index is 1.77. The molecule has 3 N–H and O–H groups in total. The number of aromatic nitrogens is 1. The Morgan fingerprint density at radius 3 is 2.96 bits per heavy atom. The molecule has 0 spiro atoms. The molecule has 1 aliphatic heterocycles. The number of benzene rings is 1. The van der Waals surface area contributed by atoms with E-state index in [1.807, 2.05) is 25.3 Å². The number of carbonyl (C=O) groups excluding carboxylic acids is 1. The highest BCUT2D eigenvalue weighted by Crippen LogP contribution is 2.47. The largest absolute Gasteiger partial charge is 0.386 e. The maximum atomic E-state index is 11.9. The number of amides is 1. The van der Waals surface area contributed by atoms with Crippen molar-refractivity contribution in [1.82, 2.24) is 10.3 Å². The predicted octanol–water partition coefficient (Wildman–Crippen LogP) is 3.22. The molecule has 1 aliphatic carbocycles. The summed E-state index contributed by atoms with van der Waals surface area (Å²) in [6, 6.07) is 8.19. The van der Waals surface area contributed by atoms with Crippen molar-refractivity contribution in [1.29, 1.82) is 0 Å². The first-order valence-electron chi connectivity index (χ1n) is 9.24. The van der Waals surface area contributed by atoms with Gasteiger partial charge in [-0.2, -0.15) is 0 Å². The van der Waals surface area contributed by atoms with E-state index in [1.165, 1.54) is 0 Å². The highest BCUT2D eigenvalue weighted by atomic mass is 16.5. The number of carbonyl (C=O) groups is 1. The van der Waals surface area contributed by atoms with E-state index in [0.29, 0.717) is 6.42 Å². The fraction of sp³-hybridized carbons (Fsp3) is 0.476. The van der Waals surface area contributed by atoms with Gasteiger partial charge in [0.25, 0.3) is 0 Å². The van der Waals surface area contributed by atoms with Gasteiger partial charge in [0.15, 0.2) is 0 Å². The summed E-state index contributed by atoms with van der Waals surface area (Å²) < 4.78 is 6.46. The van der Waals surface area contributed by atoms with Crippen molar-refractivity contribution in [2.24, 2.45) is 5.92 Å². The summed E-state index contributed by atoms with van der Waals surface area (Å²) in [5.41, 5.74) is 2.67. The number of rotatable bonds is 2. The summed E-state index contributed by atoms with van der Waals surface area (Å²) in [6.07, 6.45) is 4.31. The van der Waals surface area contributed by atoms with Gasteiger partial charge in [-0.1, -0.05) is 18.2 Å². The van der Waals surface area contributed by atoms with Crippen LogP contribution in [0.4, 0.5) is 0 Å². The minimum Gasteiger partial charge on any atom is -0.386 e. The Labute approximate surface area is 153 Å². The molecule has 5 nitrogen and oxygen atoms in total. The maximum Gasteiger partial charge on any atom is 0.217 e. The standard InChI is InChI=1S/C21H26N2O3/c1-12-7-8-16-20(19(12)25)26-18(11-21(16,3)23-13(2)24)15-5-4-6-17-14(15)9-10-22-17/h4-7,9-10,16,18-20,22,25H,8,11H2,1-3H3,(H,23,24)/t16-,18+,19-,20-,21-/m1/s1. The van der Waals surface area contributed by atoms with Crippen molar-refractivity contribution in [2.45, 2.75) is 57.5 Å². The van der Waals surface area contributed by atoms with Crippen LogP contribution < -0.4 is 5.32 Å². The van der Waals surface area contributed by atoms with E-state index in [2.05, 4.69) is 35.4 Å². The first kappa shape index (κ1) is 17.3. The van der Waals surface area contributed by atoms with Crippen LogP contribution in [0.25, 0.3) is 10.9 Å². The Morgan fingerprint density at radius 2 is 2.19 bits per heavy atom. The number of H-pyrrole nitrogens is 1. The van der Waals surface area contributed by atoms with Gasteiger partial charge < -0.3 is 20.1 Å². The van der Waals surface area contributed by atoms with Gasteiger partial charge in [0.2, 0.25) is 5.91 Å². The first-order chi connectivity index (χ1) is 12.4. The topological polar surface area (TPSA) is 74.4 Å². The molecule has 1 fully saturated rings. The minimum absolute atomic E-state index is 0.0479. The van der Waals surface area contributed by atoms with Gasteiger partial charge in [-0.3, -0.25) is 4.79 Å². The smallest absolute Gasteiger partial charge is 0.217 e. The Kier molecular flexibility index (Phi) is 4.16. The molecule has 2 aromatic rings. The van der Waals surface area contributed by atoms with E-state index < -0.39 is 11.6 Å². The SMILES string of the molecule is CC(=O)N[C@]1(C)C[C@@H](c2cccc3[nH]ccc23)O[C@H]2[C@H](O)C(C)=CC[C@H]21. The van der Waals surface area contributed by atoms with Crippen molar-refractivity contribution in [2.75, 3.05) is 0 Å². The lowest BCUT2D eigenvalue weighted by molar-refractivity contribution is -0.165. The molecular formula is C21H26N2O3. The van der Waals surface area contributed by atoms with Crippen molar-refractivity contribution in [3.05, 3.63) is 47.7 Å². The summed E-state index contributed by atoms with van der Waals surface area (Å²) in [5.74, 6) is -0.000652. The zero-order valence-electron chi connectivity index (χ0n) is 15.5. The molecule has 1 amide bonds. The van der Waals surface area contributed by atoms with Gasteiger partial charge in [0.05, 0.1) is 12.2 Å². The number of aromatic amines is 1. The molecule has 5 heteroatoms. The van der Waals surface area contributed by atoms with Crippen molar-refractivity contribution < 1.29 is 14.6 Å². The highest BCUT2D eigenvalue weighted by molar-refractivity contribution is 5.83. The molecule has 26 heavy (non-hydrogen) atoms. The Bertz CT molecular complexity index is 871. The monoisotopic (exact) mass is 354 g/mol. The molecular weight excluding hydrogens is 328 g/mol. The zero-order valence-corrected chi connectivity index (χ0v) is 15.5. The Morgan fingerprint density at radius 1 is 1.38 bits per heavy atom. The van der Waals surface area contributed by atoms with E-state index in [1.54, 1.807) is 6.92 Å². The highest BCUT2D eigenvalue weighted by Gasteiger charge is 2.51. The van der Waals surface area contributed by atoms with E-state index in [0.717, 1.165) is 28.5 Å². The van der Waals surface area contributed by atoms with E-state index in [9.17, 15) is 9.90 Å². The molecule has 4 rings (SSSR count). The van der Waals surface area contributed by atoms with Crippen LogP contribution in [-0.2, 0) is 9.53 Å². The normalized spacial score (nSPS) is 34.2. The predicted molar refractivity (Wildman–Crippen MR) is 101 cm³/mol. The number of aliphatic hydroxyl groups excluding tert-OH is 1. The van der Waals surface area contributed by atoms with Gasteiger partial charge in [-0.15, -0.1) is 0 Å². The second-order valence-electron chi connectivity index (χ2n) is 7.91. The summed E-state index contributed by atoms with van der Waals surface area (Å²) in [6.45, 7) is 5.58. The van der Waals surface area contributed by atoms with Crippen LogP contribution in [0, 0.1) is 5.92 Å². The number of aliphatic hydroxyl groups is 1.